The zero-order valence-electron chi connectivity index (χ0n) is 17.3. The maximum atomic E-state index is 12.2. The summed E-state index contributed by atoms with van der Waals surface area (Å²) in [5, 5.41) is 4.35. The molecule has 0 radical (unpaired) electrons. The lowest BCUT2D eigenvalue weighted by molar-refractivity contribution is 0.110. The molecule has 0 unspecified atom stereocenters. The second kappa shape index (κ2) is 7.99. The molecule has 0 aromatic carbocycles. The van der Waals surface area contributed by atoms with Crippen molar-refractivity contribution in [3.63, 3.8) is 0 Å². The number of nitrogens with zero attached hydrogens (tertiary/aromatic N) is 4. The zero-order valence-corrected chi connectivity index (χ0v) is 17.3. The van der Waals surface area contributed by atoms with Gasteiger partial charge in [0.2, 0.25) is 0 Å². The standard InChI is InChI=1S/C22H29N5O2/c1-15(2)14-25-7-4-17(10-16(25)3)11-18-5-9-27-19(12-18)20(13-23-27)26-8-6-21(28)24-22(26)29/h5-6,8-9,12-13,15-17H,4,7,10-11,14H2,1-3H3,(H,24,28,29)/t16-,17+/m0/s1. The first-order valence-corrected chi connectivity index (χ1v) is 10.4. The molecular formula is C22H29N5O2. The Morgan fingerprint density at radius 1 is 1.24 bits per heavy atom. The molecule has 3 aromatic heterocycles. The van der Waals surface area contributed by atoms with Gasteiger partial charge in [-0.05, 0) is 62.3 Å². The average Bonchev–Trinajstić information content (AvgIpc) is 3.07. The minimum Gasteiger partial charge on any atom is -0.300 e. The summed E-state index contributed by atoms with van der Waals surface area (Å²) in [5.41, 5.74) is 1.94. The minimum absolute atomic E-state index is 0.402. The van der Waals surface area contributed by atoms with Gasteiger partial charge in [-0.1, -0.05) is 13.8 Å². The number of pyridine rings is 1. The Balaban J connectivity index is 1.55. The van der Waals surface area contributed by atoms with Crippen LogP contribution in [0.5, 0.6) is 0 Å². The Kier molecular flexibility index (Phi) is 5.41. The number of rotatable bonds is 5. The molecular weight excluding hydrogens is 366 g/mol. The SMILES string of the molecule is CC(C)CN1CC[C@@H](Cc2ccn3ncc(-n4ccc(=O)[nH]c4=O)c3c2)C[C@@H]1C. The van der Waals surface area contributed by atoms with Gasteiger partial charge < -0.3 is 4.90 Å². The van der Waals surface area contributed by atoms with Gasteiger partial charge >= 0.3 is 5.69 Å². The van der Waals surface area contributed by atoms with Crippen molar-refractivity contribution < 1.29 is 0 Å². The maximum Gasteiger partial charge on any atom is 0.333 e. The molecule has 29 heavy (non-hydrogen) atoms. The molecule has 1 N–H and O–H groups in total. The van der Waals surface area contributed by atoms with Crippen LogP contribution < -0.4 is 11.2 Å². The number of likely N-dealkylation sites (tertiary alicyclic amines) is 1. The lowest BCUT2D eigenvalue weighted by atomic mass is 9.86. The van der Waals surface area contributed by atoms with E-state index in [1.54, 1.807) is 10.7 Å². The predicted molar refractivity (Wildman–Crippen MR) is 114 cm³/mol. The Hall–Kier alpha value is -2.67. The Bertz CT molecular complexity index is 1110. The van der Waals surface area contributed by atoms with Crippen molar-refractivity contribution in [3.8, 4) is 5.69 Å². The van der Waals surface area contributed by atoms with Gasteiger partial charge in [-0.2, -0.15) is 5.10 Å². The van der Waals surface area contributed by atoms with Crippen LogP contribution >= 0.6 is 0 Å². The van der Waals surface area contributed by atoms with E-state index in [2.05, 4.69) is 47.9 Å². The number of piperidine rings is 1. The third-order valence-corrected chi connectivity index (χ3v) is 5.90. The first kappa shape index (κ1) is 19.6. The van der Waals surface area contributed by atoms with E-state index in [1.807, 2.05) is 6.20 Å². The predicted octanol–water partition coefficient (Wildman–Crippen LogP) is 2.47. The van der Waals surface area contributed by atoms with E-state index in [9.17, 15) is 9.59 Å². The fourth-order valence-corrected chi connectivity index (χ4v) is 4.51. The van der Waals surface area contributed by atoms with Crippen molar-refractivity contribution in [1.29, 1.82) is 0 Å². The Morgan fingerprint density at radius 2 is 2.07 bits per heavy atom. The molecule has 0 aliphatic carbocycles. The largest absolute Gasteiger partial charge is 0.333 e. The van der Waals surface area contributed by atoms with Gasteiger partial charge in [0.05, 0.1) is 17.4 Å². The second-order valence-corrected chi connectivity index (χ2v) is 8.71. The summed E-state index contributed by atoms with van der Waals surface area (Å²) in [6.45, 7) is 9.25. The molecule has 7 heteroatoms. The number of fused-ring (bicyclic) bond motifs is 1. The number of nitrogens with one attached hydrogen (secondary N) is 1. The van der Waals surface area contributed by atoms with Gasteiger partial charge in [-0.3, -0.25) is 14.3 Å². The van der Waals surface area contributed by atoms with Crippen LogP contribution in [0.1, 0.15) is 39.2 Å². The molecule has 1 saturated heterocycles. The van der Waals surface area contributed by atoms with Crippen molar-refractivity contribution in [1.82, 2.24) is 24.1 Å². The fourth-order valence-electron chi connectivity index (χ4n) is 4.51. The van der Waals surface area contributed by atoms with Crippen LogP contribution in [0.3, 0.4) is 0 Å². The summed E-state index contributed by atoms with van der Waals surface area (Å²) < 4.78 is 3.20. The van der Waals surface area contributed by atoms with Crippen LogP contribution in [0, 0.1) is 11.8 Å². The van der Waals surface area contributed by atoms with E-state index in [0.717, 1.165) is 18.5 Å². The number of hydrogen-bond donors (Lipinski definition) is 1. The molecule has 0 saturated carbocycles. The average molecular weight is 396 g/mol. The van der Waals surface area contributed by atoms with E-state index in [-0.39, 0.29) is 0 Å². The summed E-state index contributed by atoms with van der Waals surface area (Å²) in [4.78, 5) is 28.5. The van der Waals surface area contributed by atoms with Gasteiger partial charge in [0.15, 0.2) is 0 Å². The molecule has 0 bridgehead atoms. The topological polar surface area (TPSA) is 75.4 Å². The highest BCUT2D eigenvalue weighted by molar-refractivity contribution is 5.64. The smallest absolute Gasteiger partial charge is 0.300 e. The van der Waals surface area contributed by atoms with Gasteiger partial charge in [0, 0.05) is 31.0 Å². The van der Waals surface area contributed by atoms with E-state index < -0.39 is 11.2 Å². The maximum absolute atomic E-state index is 12.2. The number of hydrogen-bond acceptors (Lipinski definition) is 4. The van der Waals surface area contributed by atoms with Crippen molar-refractivity contribution in [2.24, 2.45) is 11.8 Å². The molecule has 7 nitrogen and oxygen atoms in total. The molecule has 2 atom stereocenters. The summed E-state index contributed by atoms with van der Waals surface area (Å²) >= 11 is 0. The first-order valence-electron chi connectivity index (χ1n) is 10.4. The summed E-state index contributed by atoms with van der Waals surface area (Å²) in [7, 11) is 0. The van der Waals surface area contributed by atoms with Gasteiger partial charge in [-0.15, -0.1) is 0 Å². The van der Waals surface area contributed by atoms with E-state index in [0.29, 0.717) is 23.6 Å². The van der Waals surface area contributed by atoms with Gasteiger partial charge in [0.1, 0.15) is 0 Å². The fraction of sp³-hybridized carbons (Fsp3) is 0.500. The van der Waals surface area contributed by atoms with Crippen molar-refractivity contribution >= 4 is 5.52 Å². The lowest BCUT2D eigenvalue weighted by Crippen LogP contribution is -2.43. The van der Waals surface area contributed by atoms with Gasteiger partial charge in [-0.25, -0.2) is 9.31 Å². The van der Waals surface area contributed by atoms with E-state index >= 15 is 0 Å². The van der Waals surface area contributed by atoms with Crippen LogP contribution in [-0.4, -0.2) is 43.2 Å². The number of H-pyrrole nitrogens is 1. The Labute approximate surface area is 170 Å². The number of aromatic amines is 1. The monoisotopic (exact) mass is 395 g/mol. The van der Waals surface area contributed by atoms with Crippen LogP contribution in [-0.2, 0) is 6.42 Å². The molecule has 0 spiro atoms. The molecule has 1 aliphatic heterocycles. The van der Waals surface area contributed by atoms with Crippen molar-refractivity contribution in [3.05, 3.63) is 63.2 Å². The van der Waals surface area contributed by atoms with Crippen molar-refractivity contribution in [2.45, 2.75) is 46.1 Å². The van der Waals surface area contributed by atoms with E-state index in [4.69, 9.17) is 0 Å². The molecule has 0 amide bonds. The number of aromatic nitrogens is 4. The minimum atomic E-state index is -0.454. The molecule has 4 rings (SSSR count). The normalized spacial score (nSPS) is 20.6. The Morgan fingerprint density at radius 3 is 2.79 bits per heavy atom. The van der Waals surface area contributed by atoms with Crippen LogP contribution in [0.25, 0.3) is 11.2 Å². The van der Waals surface area contributed by atoms with Crippen LogP contribution in [0.2, 0.25) is 0 Å². The molecule has 4 heterocycles. The highest BCUT2D eigenvalue weighted by atomic mass is 16.2. The summed E-state index contributed by atoms with van der Waals surface area (Å²) in [5.74, 6) is 1.37. The van der Waals surface area contributed by atoms with Crippen LogP contribution in [0.4, 0.5) is 0 Å². The zero-order chi connectivity index (χ0) is 20.5. The highest BCUT2D eigenvalue weighted by Crippen LogP contribution is 2.27. The molecule has 154 valence electrons. The van der Waals surface area contributed by atoms with E-state index in [1.165, 1.54) is 41.8 Å². The van der Waals surface area contributed by atoms with Crippen molar-refractivity contribution in [2.75, 3.05) is 13.1 Å². The summed E-state index contributed by atoms with van der Waals surface area (Å²) in [6, 6.07) is 6.20. The highest BCUT2D eigenvalue weighted by Gasteiger charge is 2.26. The third kappa shape index (κ3) is 4.19. The molecule has 1 fully saturated rings. The first-order chi connectivity index (χ1) is 13.9. The molecule has 3 aromatic rings. The molecule has 1 aliphatic rings. The van der Waals surface area contributed by atoms with Gasteiger partial charge in [0.25, 0.3) is 5.56 Å². The third-order valence-electron chi connectivity index (χ3n) is 5.90. The van der Waals surface area contributed by atoms with Crippen LogP contribution in [0.15, 0.2) is 46.4 Å². The quantitative estimate of drug-likeness (QED) is 0.720. The second-order valence-electron chi connectivity index (χ2n) is 8.71. The lowest BCUT2D eigenvalue weighted by Gasteiger charge is -2.38. The summed E-state index contributed by atoms with van der Waals surface area (Å²) in [6.07, 6.45) is 8.56.